The first kappa shape index (κ1) is 19.1. The number of rotatable bonds is 7. The first-order valence-electron chi connectivity index (χ1n) is 7.98. The molecule has 0 radical (unpaired) electrons. The van der Waals surface area contributed by atoms with Crippen molar-refractivity contribution in [1.29, 1.82) is 5.26 Å². The van der Waals surface area contributed by atoms with Crippen LogP contribution in [0.5, 0.6) is 0 Å². The highest BCUT2D eigenvalue weighted by Gasteiger charge is 2.12. The molecule has 0 spiro atoms. The van der Waals surface area contributed by atoms with Crippen molar-refractivity contribution in [3.05, 3.63) is 70.8 Å². The Morgan fingerprint density at radius 2 is 1.88 bits per heavy atom. The normalized spacial score (nSPS) is 10.0. The number of nitriles is 1. The van der Waals surface area contributed by atoms with E-state index in [-0.39, 0.29) is 24.4 Å². The third-order valence-corrected chi connectivity index (χ3v) is 3.59. The van der Waals surface area contributed by atoms with Crippen molar-refractivity contribution < 1.29 is 18.4 Å². The summed E-state index contributed by atoms with van der Waals surface area (Å²) < 4.78 is 26.3. The number of amides is 2. The van der Waals surface area contributed by atoms with E-state index in [2.05, 4.69) is 10.6 Å². The maximum absolute atomic E-state index is 13.5. The van der Waals surface area contributed by atoms with Crippen LogP contribution in [0.1, 0.15) is 34.3 Å². The molecule has 0 aliphatic rings. The zero-order valence-electron chi connectivity index (χ0n) is 13.9. The van der Waals surface area contributed by atoms with E-state index in [4.69, 9.17) is 5.26 Å². The van der Waals surface area contributed by atoms with Crippen LogP contribution in [0, 0.1) is 23.0 Å². The lowest BCUT2D eigenvalue weighted by Crippen LogP contribution is -2.28. The number of hydrogen-bond donors (Lipinski definition) is 2. The molecule has 26 heavy (non-hydrogen) atoms. The van der Waals surface area contributed by atoms with E-state index in [1.54, 1.807) is 24.3 Å². The second-order valence-corrected chi connectivity index (χ2v) is 5.57. The predicted octanol–water partition coefficient (Wildman–Crippen LogP) is 2.66. The Labute approximate surface area is 149 Å². The minimum atomic E-state index is -0.931. The van der Waals surface area contributed by atoms with E-state index < -0.39 is 17.5 Å². The first-order chi connectivity index (χ1) is 12.5. The van der Waals surface area contributed by atoms with Gasteiger partial charge in [-0.1, -0.05) is 12.1 Å². The van der Waals surface area contributed by atoms with Crippen LogP contribution in [0.2, 0.25) is 0 Å². The fourth-order valence-electron chi connectivity index (χ4n) is 2.26. The average molecular weight is 357 g/mol. The van der Waals surface area contributed by atoms with Gasteiger partial charge >= 0.3 is 0 Å². The summed E-state index contributed by atoms with van der Waals surface area (Å²) in [4.78, 5) is 23.6. The molecule has 0 aliphatic carbocycles. The SMILES string of the molecule is N#Cc1cccc(CNC(=O)CCCNC(=O)c2ccc(F)cc2F)c1. The van der Waals surface area contributed by atoms with Gasteiger partial charge < -0.3 is 10.6 Å². The Balaban J connectivity index is 1.69. The number of nitrogens with zero attached hydrogens (tertiary/aromatic N) is 1. The zero-order valence-corrected chi connectivity index (χ0v) is 13.9. The second kappa shape index (κ2) is 9.28. The lowest BCUT2D eigenvalue weighted by Gasteiger charge is -2.07. The minimum Gasteiger partial charge on any atom is -0.352 e. The first-order valence-corrected chi connectivity index (χ1v) is 7.98. The van der Waals surface area contributed by atoms with Crippen LogP contribution in [-0.2, 0) is 11.3 Å². The van der Waals surface area contributed by atoms with Crippen LogP contribution in [0.3, 0.4) is 0 Å². The molecular weight excluding hydrogens is 340 g/mol. The number of carbonyl (C=O) groups is 2. The summed E-state index contributed by atoms with van der Waals surface area (Å²) in [6.45, 7) is 0.495. The molecule has 7 heteroatoms. The third-order valence-electron chi connectivity index (χ3n) is 3.59. The molecule has 0 aromatic heterocycles. The van der Waals surface area contributed by atoms with Gasteiger partial charge in [0.2, 0.25) is 5.91 Å². The van der Waals surface area contributed by atoms with Gasteiger partial charge in [0.05, 0.1) is 17.2 Å². The Kier molecular flexibility index (Phi) is 6.80. The summed E-state index contributed by atoms with van der Waals surface area (Å²) in [5, 5.41) is 14.0. The number of nitrogens with one attached hydrogen (secondary N) is 2. The monoisotopic (exact) mass is 357 g/mol. The van der Waals surface area contributed by atoms with Gasteiger partial charge in [-0.15, -0.1) is 0 Å². The van der Waals surface area contributed by atoms with Gasteiger partial charge in [0.25, 0.3) is 5.91 Å². The summed E-state index contributed by atoms with van der Waals surface area (Å²) in [5.74, 6) is -2.54. The standard InChI is InChI=1S/C19H17F2N3O2/c20-15-6-7-16(17(21)10-15)19(26)23-8-2-5-18(25)24-12-14-4-1-3-13(9-14)11-22/h1,3-4,6-7,9-10H,2,5,8,12H2,(H,23,26)(H,24,25). The molecule has 2 amide bonds. The predicted molar refractivity (Wildman–Crippen MR) is 90.9 cm³/mol. The average Bonchev–Trinajstić information content (AvgIpc) is 2.63. The highest BCUT2D eigenvalue weighted by Crippen LogP contribution is 2.09. The van der Waals surface area contributed by atoms with Crippen LogP contribution >= 0.6 is 0 Å². The van der Waals surface area contributed by atoms with E-state index in [0.29, 0.717) is 24.6 Å². The van der Waals surface area contributed by atoms with Crippen LogP contribution in [0.25, 0.3) is 0 Å². The molecule has 0 aliphatic heterocycles. The van der Waals surface area contributed by atoms with Crippen molar-refractivity contribution >= 4 is 11.8 Å². The van der Waals surface area contributed by atoms with Gasteiger partial charge in [-0.2, -0.15) is 5.26 Å². The van der Waals surface area contributed by atoms with Crippen molar-refractivity contribution in [3.63, 3.8) is 0 Å². The van der Waals surface area contributed by atoms with Crippen LogP contribution < -0.4 is 10.6 Å². The van der Waals surface area contributed by atoms with Gasteiger partial charge in [0.1, 0.15) is 11.6 Å². The fourth-order valence-corrected chi connectivity index (χ4v) is 2.26. The van der Waals surface area contributed by atoms with Gasteiger partial charge in [0, 0.05) is 25.6 Å². The molecule has 0 saturated carbocycles. The second-order valence-electron chi connectivity index (χ2n) is 5.57. The van der Waals surface area contributed by atoms with E-state index in [1.165, 1.54) is 0 Å². The molecule has 2 aromatic rings. The number of hydrogen-bond acceptors (Lipinski definition) is 3. The number of carbonyl (C=O) groups excluding carboxylic acids is 2. The molecule has 0 fully saturated rings. The molecule has 2 rings (SSSR count). The van der Waals surface area contributed by atoms with Gasteiger partial charge in [-0.3, -0.25) is 9.59 Å². The van der Waals surface area contributed by atoms with Crippen LogP contribution in [0.15, 0.2) is 42.5 Å². The number of benzene rings is 2. The maximum Gasteiger partial charge on any atom is 0.254 e. The van der Waals surface area contributed by atoms with E-state index in [1.807, 2.05) is 6.07 Å². The molecule has 134 valence electrons. The zero-order chi connectivity index (χ0) is 18.9. The quantitative estimate of drug-likeness (QED) is 0.748. The van der Waals surface area contributed by atoms with Crippen molar-refractivity contribution in [2.45, 2.75) is 19.4 Å². The Morgan fingerprint density at radius 3 is 2.62 bits per heavy atom. The molecule has 2 N–H and O–H groups in total. The van der Waals surface area contributed by atoms with E-state index >= 15 is 0 Å². The van der Waals surface area contributed by atoms with E-state index in [9.17, 15) is 18.4 Å². The lowest BCUT2D eigenvalue weighted by molar-refractivity contribution is -0.121. The Bertz CT molecular complexity index is 847. The van der Waals surface area contributed by atoms with Crippen molar-refractivity contribution in [1.82, 2.24) is 10.6 Å². The Morgan fingerprint density at radius 1 is 1.08 bits per heavy atom. The van der Waals surface area contributed by atoms with Crippen LogP contribution in [0.4, 0.5) is 8.78 Å². The summed E-state index contributed by atoms with van der Waals surface area (Å²) >= 11 is 0. The number of halogens is 2. The van der Waals surface area contributed by atoms with E-state index in [0.717, 1.165) is 17.7 Å². The highest BCUT2D eigenvalue weighted by atomic mass is 19.1. The molecule has 5 nitrogen and oxygen atoms in total. The van der Waals surface area contributed by atoms with Gasteiger partial charge in [0.15, 0.2) is 0 Å². The summed E-state index contributed by atoms with van der Waals surface area (Å²) in [6.07, 6.45) is 0.558. The summed E-state index contributed by atoms with van der Waals surface area (Å²) in [6, 6.07) is 11.7. The van der Waals surface area contributed by atoms with Crippen LogP contribution in [-0.4, -0.2) is 18.4 Å². The van der Waals surface area contributed by atoms with Gasteiger partial charge in [-0.05, 0) is 36.2 Å². The summed E-state index contributed by atoms with van der Waals surface area (Å²) in [5.41, 5.74) is 1.10. The molecular formula is C19H17F2N3O2. The molecule has 2 aromatic carbocycles. The van der Waals surface area contributed by atoms with Crippen molar-refractivity contribution in [2.75, 3.05) is 6.54 Å². The summed E-state index contributed by atoms with van der Waals surface area (Å²) in [7, 11) is 0. The highest BCUT2D eigenvalue weighted by molar-refractivity contribution is 5.94. The third kappa shape index (κ3) is 5.67. The Hall–Kier alpha value is -3.27. The maximum atomic E-state index is 13.5. The topological polar surface area (TPSA) is 82.0 Å². The smallest absolute Gasteiger partial charge is 0.254 e. The van der Waals surface area contributed by atoms with Gasteiger partial charge in [-0.25, -0.2) is 8.78 Å². The molecule has 0 saturated heterocycles. The molecule has 0 bridgehead atoms. The fraction of sp³-hybridized carbons (Fsp3) is 0.211. The minimum absolute atomic E-state index is 0.185. The largest absolute Gasteiger partial charge is 0.352 e. The molecule has 0 heterocycles. The molecule has 0 unspecified atom stereocenters. The van der Waals surface area contributed by atoms with Crippen molar-refractivity contribution in [3.8, 4) is 6.07 Å². The molecule has 0 atom stereocenters. The van der Waals surface area contributed by atoms with Crippen molar-refractivity contribution in [2.24, 2.45) is 0 Å². The lowest BCUT2D eigenvalue weighted by atomic mass is 10.1.